The van der Waals surface area contributed by atoms with E-state index >= 15 is 0 Å². The van der Waals surface area contributed by atoms with Gasteiger partial charge in [-0.25, -0.2) is 0 Å². The summed E-state index contributed by atoms with van der Waals surface area (Å²) in [5.41, 5.74) is 1.26. The molecule has 1 N–H and O–H groups in total. The molecule has 1 aromatic heterocycles. The number of nitrogens with zero attached hydrogens (tertiary/aromatic N) is 4. The lowest BCUT2D eigenvalue weighted by Gasteiger charge is -2.19. The Morgan fingerprint density at radius 3 is 2.97 bits per heavy atom. The lowest BCUT2D eigenvalue weighted by Crippen LogP contribution is -2.38. The zero-order valence-electron chi connectivity index (χ0n) is 17.5. The normalized spacial score (nSPS) is 17.7. The number of aromatic nitrogens is 2. The molecule has 0 saturated carbocycles. The van der Waals surface area contributed by atoms with Crippen LogP contribution in [0.4, 0.5) is 5.69 Å². The molecule has 8 heteroatoms. The first-order valence-corrected chi connectivity index (χ1v) is 11.3. The number of nitrogens with one attached hydrogen (secondary N) is 1. The summed E-state index contributed by atoms with van der Waals surface area (Å²) in [5, 5.41) is 7.34. The highest BCUT2D eigenvalue weighted by Gasteiger charge is 2.23. The number of carbonyl (C=O) groups excluding carboxylic acids is 1. The summed E-state index contributed by atoms with van der Waals surface area (Å²) in [4.78, 5) is 21.0. The van der Waals surface area contributed by atoms with Crippen LogP contribution in [0.5, 0.6) is 0 Å². The maximum absolute atomic E-state index is 12.3. The van der Waals surface area contributed by atoms with E-state index < -0.39 is 0 Å². The number of likely N-dealkylation sites (N-methyl/N-ethyl adjacent to an activating group) is 1. The van der Waals surface area contributed by atoms with Gasteiger partial charge in [-0.1, -0.05) is 30.3 Å². The first-order chi connectivity index (χ1) is 14.0. The predicted octanol–water partition coefficient (Wildman–Crippen LogP) is 2.96. The van der Waals surface area contributed by atoms with Crippen molar-refractivity contribution in [2.24, 2.45) is 5.92 Å². The average Bonchev–Trinajstić information content (AvgIpc) is 3.37. The largest absolute Gasteiger partial charge is 0.371 e. The summed E-state index contributed by atoms with van der Waals surface area (Å²) in [5.74, 6) is 2.79. The lowest BCUT2D eigenvalue weighted by molar-refractivity contribution is -0.122. The third-order valence-corrected chi connectivity index (χ3v) is 6.12. The topological polar surface area (TPSA) is 74.5 Å². The van der Waals surface area contributed by atoms with Crippen molar-refractivity contribution < 1.29 is 9.32 Å². The number of rotatable bonds is 10. The molecule has 2 heterocycles. The molecular formula is C21H31N5O2S. The third kappa shape index (κ3) is 6.47. The fraction of sp³-hybridized carbons (Fsp3) is 0.571. The molecule has 0 unspecified atom stereocenters. The van der Waals surface area contributed by atoms with Crippen molar-refractivity contribution in [2.75, 3.05) is 43.9 Å². The zero-order chi connectivity index (χ0) is 20.6. The molecule has 1 aromatic carbocycles. The van der Waals surface area contributed by atoms with Crippen molar-refractivity contribution in [1.82, 2.24) is 20.4 Å². The van der Waals surface area contributed by atoms with Crippen molar-refractivity contribution in [3.05, 3.63) is 42.0 Å². The number of hydrogen-bond donors (Lipinski definition) is 1. The average molecular weight is 418 g/mol. The van der Waals surface area contributed by atoms with E-state index in [1.54, 1.807) is 11.8 Å². The minimum atomic E-state index is 0.0281. The monoisotopic (exact) mass is 417 g/mol. The standard InChI is InChI=1S/C21H31N5O2S/c1-4-29-16(2)21-23-20(28-24-21)15-25(3)14-19(27)22-12-17-10-11-26(13-17)18-8-6-5-7-9-18/h5-9,16-17H,4,10-15H2,1-3H3,(H,22,27)/t16-,17-/m1/s1. The van der Waals surface area contributed by atoms with E-state index in [-0.39, 0.29) is 11.2 Å². The van der Waals surface area contributed by atoms with Crippen LogP contribution in [-0.4, -0.2) is 59.9 Å². The number of benzene rings is 1. The van der Waals surface area contributed by atoms with Gasteiger partial charge in [-0.15, -0.1) is 0 Å². The molecule has 7 nitrogen and oxygen atoms in total. The minimum Gasteiger partial charge on any atom is -0.371 e. The van der Waals surface area contributed by atoms with E-state index in [1.165, 1.54) is 5.69 Å². The summed E-state index contributed by atoms with van der Waals surface area (Å²) < 4.78 is 5.33. The van der Waals surface area contributed by atoms with E-state index in [4.69, 9.17) is 4.52 Å². The molecule has 1 aliphatic heterocycles. The van der Waals surface area contributed by atoms with Crippen molar-refractivity contribution >= 4 is 23.4 Å². The SMILES string of the molecule is CCS[C@H](C)c1noc(CN(C)CC(=O)NC[C@H]2CCN(c3ccccc3)C2)n1. The van der Waals surface area contributed by atoms with Crippen molar-refractivity contribution in [2.45, 2.75) is 32.1 Å². The van der Waals surface area contributed by atoms with Crippen LogP contribution in [0.15, 0.2) is 34.9 Å². The van der Waals surface area contributed by atoms with Crippen LogP contribution in [0.1, 0.15) is 37.2 Å². The van der Waals surface area contributed by atoms with E-state index in [9.17, 15) is 4.79 Å². The maximum Gasteiger partial charge on any atom is 0.240 e. The van der Waals surface area contributed by atoms with E-state index in [2.05, 4.69) is 58.5 Å². The van der Waals surface area contributed by atoms with Crippen LogP contribution in [0.2, 0.25) is 0 Å². The fourth-order valence-electron chi connectivity index (χ4n) is 3.54. The van der Waals surface area contributed by atoms with Gasteiger partial charge in [0, 0.05) is 25.3 Å². The molecule has 2 aromatic rings. The maximum atomic E-state index is 12.3. The van der Waals surface area contributed by atoms with E-state index in [1.807, 2.05) is 18.0 Å². The van der Waals surface area contributed by atoms with E-state index in [0.29, 0.717) is 37.3 Å². The summed E-state index contributed by atoms with van der Waals surface area (Å²) in [6, 6.07) is 10.4. The van der Waals surface area contributed by atoms with E-state index in [0.717, 1.165) is 25.3 Å². The molecule has 1 amide bonds. The number of para-hydroxylation sites is 1. The molecule has 1 aliphatic rings. The number of thioether (sulfide) groups is 1. The molecule has 0 bridgehead atoms. The fourth-order valence-corrected chi connectivity index (χ4v) is 4.29. The smallest absolute Gasteiger partial charge is 0.240 e. The second-order valence-electron chi connectivity index (χ2n) is 7.56. The Balaban J connectivity index is 1.37. The second-order valence-corrected chi connectivity index (χ2v) is 9.17. The highest BCUT2D eigenvalue weighted by molar-refractivity contribution is 7.99. The quantitative estimate of drug-likeness (QED) is 0.637. The van der Waals surface area contributed by atoms with Gasteiger partial charge in [0.2, 0.25) is 11.8 Å². The van der Waals surface area contributed by atoms with Crippen molar-refractivity contribution in [1.29, 1.82) is 0 Å². The third-order valence-electron chi connectivity index (χ3n) is 5.08. The Bertz CT molecular complexity index is 769. The van der Waals surface area contributed by atoms with Gasteiger partial charge in [-0.05, 0) is 44.2 Å². The van der Waals surface area contributed by atoms with Crippen LogP contribution in [0.3, 0.4) is 0 Å². The molecule has 29 heavy (non-hydrogen) atoms. The van der Waals surface area contributed by atoms with Crippen LogP contribution < -0.4 is 10.2 Å². The van der Waals surface area contributed by atoms with Gasteiger partial charge >= 0.3 is 0 Å². The van der Waals surface area contributed by atoms with Gasteiger partial charge in [0.1, 0.15) is 0 Å². The molecule has 1 saturated heterocycles. The Labute approximate surface area is 177 Å². The number of hydrogen-bond acceptors (Lipinski definition) is 7. The van der Waals surface area contributed by atoms with Crippen LogP contribution in [-0.2, 0) is 11.3 Å². The Hall–Kier alpha value is -2.06. The highest BCUT2D eigenvalue weighted by Crippen LogP contribution is 2.25. The van der Waals surface area contributed by atoms with Gasteiger partial charge in [-0.2, -0.15) is 16.7 Å². The first kappa shape index (κ1) is 21.6. The van der Waals surface area contributed by atoms with Gasteiger partial charge < -0.3 is 14.7 Å². The van der Waals surface area contributed by atoms with Crippen LogP contribution in [0.25, 0.3) is 0 Å². The minimum absolute atomic E-state index is 0.0281. The molecule has 2 atom stereocenters. The van der Waals surface area contributed by atoms with Gasteiger partial charge in [0.15, 0.2) is 5.82 Å². The molecule has 3 rings (SSSR count). The van der Waals surface area contributed by atoms with Crippen LogP contribution >= 0.6 is 11.8 Å². The summed E-state index contributed by atoms with van der Waals surface area (Å²) in [7, 11) is 1.89. The number of carbonyl (C=O) groups is 1. The predicted molar refractivity (Wildman–Crippen MR) is 117 cm³/mol. The number of amides is 1. The molecule has 0 aliphatic carbocycles. The Kier molecular flexibility index (Phi) is 7.94. The molecule has 0 radical (unpaired) electrons. The Morgan fingerprint density at radius 1 is 1.41 bits per heavy atom. The van der Waals surface area contributed by atoms with Crippen LogP contribution in [0, 0.1) is 5.92 Å². The summed E-state index contributed by atoms with van der Waals surface area (Å²) in [6.45, 7) is 7.70. The molecule has 158 valence electrons. The highest BCUT2D eigenvalue weighted by atomic mass is 32.2. The number of anilines is 1. The molecule has 1 fully saturated rings. The lowest BCUT2D eigenvalue weighted by atomic mass is 10.1. The summed E-state index contributed by atoms with van der Waals surface area (Å²) >= 11 is 1.78. The Morgan fingerprint density at radius 2 is 2.21 bits per heavy atom. The second kappa shape index (κ2) is 10.6. The van der Waals surface area contributed by atoms with Gasteiger partial charge in [-0.3, -0.25) is 9.69 Å². The van der Waals surface area contributed by atoms with Crippen molar-refractivity contribution in [3.8, 4) is 0 Å². The summed E-state index contributed by atoms with van der Waals surface area (Å²) in [6.07, 6.45) is 1.10. The van der Waals surface area contributed by atoms with Gasteiger partial charge in [0.05, 0.1) is 18.3 Å². The van der Waals surface area contributed by atoms with Crippen molar-refractivity contribution in [3.63, 3.8) is 0 Å². The zero-order valence-corrected chi connectivity index (χ0v) is 18.3. The molecular weight excluding hydrogens is 386 g/mol. The first-order valence-electron chi connectivity index (χ1n) is 10.2. The molecule has 0 spiro atoms. The van der Waals surface area contributed by atoms with Gasteiger partial charge in [0.25, 0.3) is 0 Å².